The molecule has 0 unspecified atom stereocenters. The maximum Gasteiger partial charge on any atom is 0.509 e. The van der Waals surface area contributed by atoms with E-state index in [1.54, 1.807) is 0 Å². The third-order valence-electron chi connectivity index (χ3n) is 2.26. The summed E-state index contributed by atoms with van der Waals surface area (Å²) in [5.41, 5.74) is 0. The van der Waals surface area contributed by atoms with Gasteiger partial charge in [0.15, 0.2) is 18.5 Å². The molecule has 0 aromatic heterocycles. The number of aliphatic hydroxyl groups excluding tert-OH is 3. The molecular weight excluding hydrogens is 196 g/mol. The number of carbonyl (C=O) groups is 1. The Bertz CT molecular complexity index is 242. The van der Waals surface area contributed by atoms with E-state index in [1.165, 1.54) is 0 Å². The zero-order chi connectivity index (χ0) is 10.3. The molecule has 0 amide bonds. The molecule has 0 saturated carbocycles. The predicted octanol–water partition coefficient (Wildman–Crippen LogP) is -2.04. The van der Waals surface area contributed by atoms with Crippen molar-refractivity contribution in [2.45, 2.75) is 30.7 Å². The van der Waals surface area contributed by atoms with E-state index in [1.807, 2.05) is 0 Å². The summed E-state index contributed by atoms with van der Waals surface area (Å²) in [6.45, 7) is -0.543. The fourth-order valence-corrected chi connectivity index (χ4v) is 1.59. The minimum absolute atomic E-state index is 0.543. The molecule has 7 heteroatoms. The lowest BCUT2D eigenvalue weighted by atomic mass is 10.1. The normalized spacial score (nSPS) is 42.9. The molecule has 2 aliphatic heterocycles. The van der Waals surface area contributed by atoms with E-state index in [9.17, 15) is 15.0 Å². The summed E-state index contributed by atoms with van der Waals surface area (Å²) in [7, 11) is 0. The molecule has 5 atom stereocenters. The minimum atomic E-state index is -1.32. The lowest BCUT2D eigenvalue weighted by molar-refractivity contribution is -0.158. The molecule has 0 aromatic carbocycles. The second-order valence-corrected chi connectivity index (χ2v) is 3.16. The molecule has 2 fully saturated rings. The molecule has 0 bridgehead atoms. The van der Waals surface area contributed by atoms with Gasteiger partial charge < -0.3 is 29.5 Å². The molecule has 0 radical (unpaired) electrons. The number of ether oxygens (including phenoxy) is 3. The smallest absolute Gasteiger partial charge is 0.424 e. The molecule has 2 heterocycles. The Morgan fingerprint density at radius 3 is 2.64 bits per heavy atom. The quantitative estimate of drug-likeness (QED) is 0.447. The molecule has 0 aliphatic carbocycles. The zero-order valence-electron chi connectivity index (χ0n) is 7.07. The van der Waals surface area contributed by atoms with Crippen molar-refractivity contribution < 1.29 is 34.3 Å². The number of hydrogen-bond donors (Lipinski definition) is 3. The number of hydrogen-bond acceptors (Lipinski definition) is 7. The topological polar surface area (TPSA) is 105 Å². The van der Waals surface area contributed by atoms with Gasteiger partial charge in [0.1, 0.15) is 12.2 Å². The second kappa shape index (κ2) is 3.35. The summed E-state index contributed by atoms with van der Waals surface area (Å²) in [5.74, 6) is 0. The van der Waals surface area contributed by atoms with E-state index in [4.69, 9.17) is 9.84 Å². The van der Waals surface area contributed by atoms with Gasteiger partial charge >= 0.3 is 6.16 Å². The summed E-state index contributed by atoms with van der Waals surface area (Å²) in [5, 5.41) is 27.2. The molecule has 2 aliphatic rings. The molecule has 0 spiro atoms. The Balaban J connectivity index is 2.11. The van der Waals surface area contributed by atoms with E-state index >= 15 is 0 Å². The SMILES string of the molecule is O=C1O[C@H]2[C@@H]([C@H](O)CO)O[C@H](O)[C@H]2O1. The van der Waals surface area contributed by atoms with Crippen LogP contribution in [-0.4, -0.2) is 58.8 Å². The van der Waals surface area contributed by atoms with Crippen LogP contribution < -0.4 is 0 Å². The molecule has 7 nitrogen and oxygen atoms in total. The predicted molar refractivity (Wildman–Crippen MR) is 39.1 cm³/mol. The van der Waals surface area contributed by atoms with Crippen molar-refractivity contribution in [1.29, 1.82) is 0 Å². The standard InChI is InChI=1S/C7H10O7/c8-1-2(9)3-4-5(6(10)12-3)14-7(11)13-4/h2-6,8-10H,1H2/t2-,3-,4+,5+,6+/m1/s1. The zero-order valence-corrected chi connectivity index (χ0v) is 7.07. The summed E-state index contributed by atoms with van der Waals surface area (Å²) < 4.78 is 14.1. The Morgan fingerprint density at radius 2 is 2.00 bits per heavy atom. The summed E-state index contributed by atoms with van der Waals surface area (Å²) in [6.07, 6.45) is -6.18. The van der Waals surface area contributed by atoms with Crippen molar-refractivity contribution in [1.82, 2.24) is 0 Å². The van der Waals surface area contributed by atoms with Gasteiger partial charge in [-0.1, -0.05) is 0 Å². The molecule has 3 N–H and O–H groups in total. The third-order valence-corrected chi connectivity index (χ3v) is 2.26. The highest BCUT2D eigenvalue weighted by atomic mass is 16.8. The van der Waals surface area contributed by atoms with Crippen LogP contribution in [0.2, 0.25) is 0 Å². The Hall–Kier alpha value is -0.890. The van der Waals surface area contributed by atoms with E-state index in [-0.39, 0.29) is 0 Å². The van der Waals surface area contributed by atoms with Crippen LogP contribution >= 0.6 is 0 Å². The minimum Gasteiger partial charge on any atom is -0.424 e. The van der Waals surface area contributed by atoms with Crippen LogP contribution in [-0.2, 0) is 14.2 Å². The van der Waals surface area contributed by atoms with E-state index in [0.717, 1.165) is 0 Å². The van der Waals surface area contributed by atoms with Crippen LogP contribution in [0.25, 0.3) is 0 Å². The molecule has 2 saturated heterocycles. The molecule has 14 heavy (non-hydrogen) atoms. The number of rotatable bonds is 2. The third kappa shape index (κ3) is 1.34. The van der Waals surface area contributed by atoms with Crippen LogP contribution in [0.5, 0.6) is 0 Å². The van der Waals surface area contributed by atoms with E-state index < -0.39 is 43.5 Å². The highest BCUT2D eigenvalue weighted by Gasteiger charge is 2.55. The highest BCUT2D eigenvalue weighted by Crippen LogP contribution is 2.32. The van der Waals surface area contributed by atoms with Crippen LogP contribution in [0, 0.1) is 0 Å². The lowest BCUT2D eigenvalue weighted by Gasteiger charge is -2.18. The lowest BCUT2D eigenvalue weighted by Crippen LogP contribution is -2.39. The van der Waals surface area contributed by atoms with Gasteiger partial charge in [-0.15, -0.1) is 0 Å². The first kappa shape index (κ1) is 9.66. The van der Waals surface area contributed by atoms with E-state index in [2.05, 4.69) is 9.47 Å². The van der Waals surface area contributed by atoms with Gasteiger partial charge in [-0.05, 0) is 0 Å². The van der Waals surface area contributed by atoms with Gasteiger partial charge in [-0.3, -0.25) is 0 Å². The van der Waals surface area contributed by atoms with Crippen LogP contribution in [0.15, 0.2) is 0 Å². The van der Waals surface area contributed by atoms with Gasteiger partial charge in [-0.25, -0.2) is 4.79 Å². The van der Waals surface area contributed by atoms with Gasteiger partial charge in [0.05, 0.1) is 6.61 Å². The van der Waals surface area contributed by atoms with Crippen molar-refractivity contribution in [3.63, 3.8) is 0 Å². The Kier molecular flexibility index (Phi) is 2.31. The van der Waals surface area contributed by atoms with Gasteiger partial charge in [0.2, 0.25) is 0 Å². The van der Waals surface area contributed by atoms with Crippen molar-refractivity contribution in [3.8, 4) is 0 Å². The van der Waals surface area contributed by atoms with Gasteiger partial charge in [0, 0.05) is 0 Å². The molecule has 0 aromatic rings. The maximum absolute atomic E-state index is 10.7. The van der Waals surface area contributed by atoms with Crippen molar-refractivity contribution in [2.75, 3.05) is 6.61 Å². The van der Waals surface area contributed by atoms with Crippen LogP contribution in [0.3, 0.4) is 0 Å². The maximum atomic E-state index is 10.7. The molecular formula is C7H10O7. The largest absolute Gasteiger partial charge is 0.509 e. The van der Waals surface area contributed by atoms with Crippen molar-refractivity contribution >= 4 is 6.16 Å². The number of fused-ring (bicyclic) bond motifs is 1. The first-order valence-corrected chi connectivity index (χ1v) is 4.13. The average molecular weight is 206 g/mol. The summed E-state index contributed by atoms with van der Waals surface area (Å²) in [6, 6.07) is 0. The average Bonchev–Trinajstić information content (AvgIpc) is 2.65. The summed E-state index contributed by atoms with van der Waals surface area (Å²) in [4.78, 5) is 10.7. The first-order valence-electron chi connectivity index (χ1n) is 4.13. The fourth-order valence-electron chi connectivity index (χ4n) is 1.59. The first-order chi connectivity index (χ1) is 6.63. The van der Waals surface area contributed by atoms with Gasteiger partial charge in [-0.2, -0.15) is 0 Å². The van der Waals surface area contributed by atoms with Gasteiger partial charge in [0.25, 0.3) is 0 Å². The Labute approximate surface area is 78.8 Å². The van der Waals surface area contributed by atoms with Crippen molar-refractivity contribution in [3.05, 3.63) is 0 Å². The van der Waals surface area contributed by atoms with E-state index in [0.29, 0.717) is 0 Å². The summed E-state index contributed by atoms with van der Waals surface area (Å²) >= 11 is 0. The molecule has 2 rings (SSSR count). The fraction of sp³-hybridized carbons (Fsp3) is 0.857. The molecule has 80 valence electrons. The van der Waals surface area contributed by atoms with Crippen molar-refractivity contribution in [2.24, 2.45) is 0 Å². The van der Waals surface area contributed by atoms with Crippen LogP contribution in [0.1, 0.15) is 0 Å². The van der Waals surface area contributed by atoms with Crippen LogP contribution in [0.4, 0.5) is 4.79 Å². The second-order valence-electron chi connectivity index (χ2n) is 3.16. The monoisotopic (exact) mass is 206 g/mol. The number of carbonyl (C=O) groups excluding carboxylic acids is 1. The number of aliphatic hydroxyl groups is 3. The Morgan fingerprint density at radius 1 is 1.36 bits per heavy atom. The highest BCUT2D eigenvalue weighted by molar-refractivity contribution is 5.63.